The highest BCUT2D eigenvalue weighted by molar-refractivity contribution is 6.30. The maximum Gasteiger partial charge on any atom is 0.228 e. The van der Waals surface area contributed by atoms with E-state index in [0.29, 0.717) is 17.1 Å². The third-order valence-electron chi connectivity index (χ3n) is 3.84. The molecule has 1 aliphatic rings. The molecule has 2 atom stereocenters. The molecule has 5 heteroatoms. The molecule has 4 nitrogen and oxygen atoms in total. The fraction of sp³-hybridized carbons (Fsp3) is 0.222. The number of amides is 2. The van der Waals surface area contributed by atoms with Crippen molar-refractivity contribution in [3.05, 3.63) is 59.1 Å². The molecular formula is C18H17ClN2O2. The van der Waals surface area contributed by atoms with E-state index >= 15 is 0 Å². The summed E-state index contributed by atoms with van der Waals surface area (Å²) in [5.41, 5.74) is 2.48. The fourth-order valence-corrected chi connectivity index (χ4v) is 2.72. The summed E-state index contributed by atoms with van der Waals surface area (Å²) in [7, 11) is 0. The smallest absolute Gasteiger partial charge is 0.228 e. The highest BCUT2D eigenvalue weighted by Gasteiger charge is 2.48. The Morgan fingerprint density at radius 3 is 2.09 bits per heavy atom. The van der Waals surface area contributed by atoms with E-state index in [1.54, 1.807) is 24.3 Å². The van der Waals surface area contributed by atoms with Crippen LogP contribution in [0.4, 0.5) is 11.4 Å². The molecule has 0 heterocycles. The minimum absolute atomic E-state index is 0.109. The molecule has 1 saturated carbocycles. The minimum atomic E-state index is -0.279. The Morgan fingerprint density at radius 1 is 0.957 bits per heavy atom. The molecule has 3 rings (SSSR count). The van der Waals surface area contributed by atoms with Crippen LogP contribution < -0.4 is 10.6 Å². The van der Waals surface area contributed by atoms with Crippen LogP contribution in [0.3, 0.4) is 0 Å². The van der Waals surface area contributed by atoms with Crippen LogP contribution in [0.5, 0.6) is 0 Å². The first kappa shape index (κ1) is 15.6. The molecule has 0 saturated heterocycles. The molecule has 0 bridgehead atoms. The van der Waals surface area contributed by atoms with Crippen molar-refractivity contribution in [1.29, 1.82) is 0 Å². The van der Waals surface area contributed by atoms with Gasteiger partial charge in [-0.25, -0.2) is 0 Å². The largest absolute Gasteiger partial charge is 0.326 e. The van der Waals surface area contributed by atoms with Gasteiger partial charge in [0.15, 0.2) is 0 Å². The number of hydrogen-bond acceptors (Lipinski definition) is 2. The predicted octanol–water partition coefficient (Wildman–Crippen LogP) is 3.86. The summed E-state index contributed by atoms with van der Waals surface area (Å²) in [4.78, 5) is 24.4. The number of rotatable bonds is 4. The molecule has 2 unspecified atom stereocenters. The minimum Gasteiger partial charge on any atom is -0.326 e. The monoisotopic (exact) mass is 328 g/mol. The Labute approximate surface area is 139 Å². The summed E-state index contributed by atoms with van der Waals surface area (Å²) in [6, 6.07) is 14.6. The molecule has 2 aromatic rings. The third kappa shape index (κ3) is 3.90. The third-order valence-corrected chi connectivity index (χ3v) is 4.08. The zero-order valence-electron chi connectivity index (χ0n) is 12.7. The quantitative estimate of drug-likeness (QED) is 0.895. The van der Waals surface area contributed by atoms with E-state index in [2.05, 4.69) is 10.6 Å². The van der Waals surface area contributed by atoms with E-state index in [-0.39, 0.29) is 23.7 Å². The molecule has 1 aliphatic carbocycles. The normalized spacial score (nSPS) is 19.0. The fourth-order valence-electron chi connectivity index (χ4n) is 2.53. The van der Waals surface area contributed by atoms with Gasteiger partial charge in [-0.3, -0.25) is 9.59 Å². The van der Waals surface area contributed by atoms with E-state index in [0.717, 1.165) is 11.3 Å². The summed E-state index contributed by atoms with van der Waals surface area (Å²) < 4.78 is 0. The highest BCUT2D eigenvalue weighted by atomic mass is 35.5. The lowest BCUT2D eigenvalue weighted by atomic mass is 10.2. The van der Waals surface area contributed by atoms with Crippen molar-refractivity contribution in [1.82, 2.24) is 0 Å². The summed E-state index contributed by atoms with van der Waals surface area (Å²) >= 11 is 5.89. The maximum atomic E-state index is 12.2. The number of hydrogen-bond donors (Lipinski definition) is 2. The number of anilines is 2. The van der Waals surface area contributed by atoms with Gasteiger partial charge in [-0.2, -0.15) is 0 Å². The molecule has 1 fully saturated rings. The molecule has 0 aromatic heterocycles. The van der Waals surface area contributed by atoms with E-state index in [9.17, 15) is 9.59 Å². The van der Waals surface area contributed by atoms with Crippen LogP contribution in [0.2, 0.25) is 5.02 Å². The first-order valence-corrected chi connectivity index (χ1v) is 7.85. The SMILES string of the molecule is Cc1cccc(NC(=O)C2CC2C(=O)Nc2cccc(Cl)c2)c1. The predicted molar refractivity (Wildman–Crippen MR) is 91.5 cm³/mol. The van der Waals surface area contributed by atoms with Crippen molar-refractivity contribution in [2.45, 2.75) is 13.3 Å². The summed E-state index contributed by atoms with van der Waals surface area (Å²) in [5.74, 6) is -0.799. The Kier molecular flexibility index (Phi) is 4.35. The average molecular weight is 329 g/mol. The van der Waals surface area contributed by atoms with Gasteiger partial charge in [-0.05, 0) is 49.2 Å². The molecule has 0 radical (unpaired) electrons. The molecule has 2 aromatic carbocycles. The van der Waals surface area contributed by atoms with Crippen molar-refractivity contribution in [3.8, 4) is 0 Å². The zero-order valence-corrected chi connectivity index (χ0v) is 13.4. The van der Waals surface area contributed by atoms with Crippen molar-refractivity contribution in [3.63, 3.8) is 0 Å². The van der Waals surface area contributed by atoms with E-state index in [4.69, 9.17) is 11.6 Å². The summed E-state index contributed by atoms with van der Waals surface area (Å²) in [6.07, 6.45) is 0.573. The molecule has 2 amide bonds. The van der Waals surface area contributed by atoms with Gasteiger partial charge in [0.2, 0.25) is 11.8 Å². The second-order valence-electron chi connectivity index (χ2n) is 5.81. The lowest BCUT2D eigenvalue weighted by Gasteiger charge is -2.07. The van der Waals surface area contributed by atoms with Crippen molar-refractivity contribution in [2.75, 3.05) is 10.6 Å². The molecule has 0 aliphatic heterocycles. The van der Waals surface area contributed by atoms with Crippen molar-refractivity contribution < 1.29 is 9.59 Å². The van der Waals surface area contributed by atoms with E-state index < -0.39 is 0 Å². The van der Waals surface area contributed by atoms with Crippen LogP contribution in [0.15, 0.2) is 48.5 Å². The van der Waals surface area contributed by atoms with Crippen LogP contribution >= 0.6 is 11.6 Å². The Morgan fingerprint density at radius 2 is 1.52 bits per heavy atom. The van der Waals surface area contributed by atoms with Gasteiger partial charge in [-0.15, -0.1) is 0 Å². The average Bonchev–Trinajstić information content (AvgIpc) is 3.28. The summed E-state index contributed by atoms with van der Waals surface area (Å²) in [6.45, 7) is 1.97. The zero-order chi connectivity index (χ0) is 16.4. The Bertz CT molecular complexity index is 697. The van der Waals surface area contributed by atoms with Crippen LogP contribution in [-0.4, -0.2) is 11.8 Å². The number of carbonyl (C=O) groups is 2. The van der Waals surface area contributed by atoms with Gasteiger partial charge in [0, 0.05) is 16.4 Å². The molecule has 2 N–H and O–H groups in total. The number of halogens is 1. The number of carbonyl (C=O) groups excluding carboxylic acids is 2. The first-order chi connectivity index (χ1) is 11.0. The lowest BCUT2D eigenvalue weighted by molar-refractivity contribution is -0.122. The van der Waals surface area contributed by atoms with Crippen LogP contribution in [0.25, 0.3) is 0 Å². The second kappa shape index (κ2) is 6.42. The second-order valence-corrected chi connectivity index (χ2v) is 6.24. The molecule has 23 heavy (non-hydrogen) atoms. The van der Waals surface area contributed by atoms with Gasteiger partial charge < -0.3 is 10.6 Å². The van der Waals surface area contributed by atoms with Gasteiger partial charge in [0.05, 0.1) is 11.8 Å². The topological polar surface area (TPSA) is 58.2 Å². The van der Waals surface area contributed by atoms with Crippen LogP contribution in [0.1, 0.15) is 12.0 Å². The number of benzene rings is 2. The standard InChI is InChI=1S/C18H17ClN2O2/c1-11-4-2-6-13(8-11)20-17(22)15-10-16(15)18(23)21-14-7-3-5-12(19)9-14/h2-9,15-16H,10H2,1H3,(H,20,22)(H,21,23). The van der Waals surface area contributed by atoms with E-state index in [1.165, 1.54) is 0 Å². The van der Waals surface area contributed by atoms with Crippen molar-refractivity contribution in [2.24, 2.45) is 11.8 Å². The van der Waals surface area contributed by atoms with Crippen LogP contribution in [-0.2, 0) is 9.59 Å². The highest BCUT2D eigenvalue weighted by Crippen LogP contribution is 2.40. The molecule has 118 valence electrons. The van der Waals surface area contributed by atoms with Crippen molar-refractivity contribution >= 4 is 34.8 Å². The number of nitrogens with one attached hydrogen (secondary N) is 2. The summed E-state index contributed by atoms with van der Waals surface area (Å²) in [5, 5.41) is 6.22. The Balaban J connectivity index is 1.56. The maximum absolute atomic E-state index is 12.2. The molecular weight excluding hydrogens is 312 g/mol. The Hall–Kier alpha value is -2.33. The van der Waals surface area contributed by atoms with Gasteiger partial charge >= 0.3 is 0 Å². The first-order valence-electron chi connectivity index (χ1n) is 7.47. The number of aryl methyl sites for hydroxylation is 1. The van der Waals surface area contributed by atoms with Crippen LogP contribution in [0, 0.1) is 18.8 Å². The van der Waals surface area contributed by atoms with E-state index in [1.807, 2.05) is 31.2 Å². The molecule has 0 spiro atoms. The lowest BCUT2D eigenvalue weighted by Crippen LogP contribution is -2.20. The van der Waals surface area contributed by atoms with Gasteiger partial charge in [-0.1, -0.05) is 29.8 Å². The van der Waals surface area contributed by atoms with Gasteiger partial charge in [0.25, 0.3) is 0 Å². The van der Waals surface area contributed by atoms with Gasteiger partial charge in [0.1, 0.15) is 0 Å².